The fourth-order valence-corrected chi connectivity index (χ4v) is 9.63. The second kappa shape index (κ2) is 23.1. The zero-order valence-electron chi connectivity index (χ0n) is 41.0. The normalized spacial score (nSPS) is 18.4. The number of urea groups is 1. The van der Waals surface area contributed by atoms with Crippen LogP contribution >= 0.6 is 0 Å². The van der Waals surface area contributed by atoms with Crippen molar-refractivity contribution in [3.8, 4) is 11.4 Å². The van der Waals surface area contributed by atoms with Crippen LogP contribution in [0.1, 0.15) is 105 Å². The number of benzene rings is 1. The maximum absolute atomic E-state index is 15.4. The van der Waals surface area contributed by atoms with Crippen molar-refractivity contribution < 1.29 is 67.2 Å². The Balaban J connectivity index is 0.946. The van der Waals surface area contributed by atoms with Gasteiger partial charge in [-0.05, 0) is 81.5 Å². The molecule has 0 saturated heterocycles. The maximum Gasteiger partial charge on any atom is 0.343 e. The highest BCUT2D eigenvalue weighted by Gasteiger charge is 2.46. The molecule has 0 spiro atoms. The van der Waals surface area contributed by atoms with Crippen LogP contribution in [-0.4, -0.2) is 129 Å². The van der Waals surface area contributed by atoms with E-state index < -0.39 is 114 Å². The number of fused-ring (bicyclic) bond motifs is 5. The number of aromatic nitrogens is 2. The van der Waals surface area contributed by atoms with Gasteiger partial charge in [-0.25, -0.2) is 19.0 Å². The standard InChI is InChI=1S/C49H59FN10O14/c1-4-49(72)29-17-35-42-27(19-60(35)46(69)28(29)21-74-47(49)70)41-31(12-11-26-24(2)30(50)18-33(57-42)40(26)41)55-37(63)22-73-23-53-44(67)32(9-8-15-52-48(51)71)58-43(66)25(3)54-45(68)34(20-61)56-36(62)10-6-5-7-16-59-38(64)13-14-39(59)65/h13-14,17-18,25,31-32,34,61,72H,4-12,15-16,19-23H2,1-3H3,(H,53,67)(H,54,68)(H,55,63)(H,56,62)(H,58,66)(H3,51,52,71)/t25-,31-,32-,34-,49-/m0/s1. The number of aliphatic hydroxyl groups excluding tert-OH is 1. The molecule has 0 saturated carbocycles. The molecule has 0 fully saturated rings. The van der Waals surface area contributed by atoms with E-state index in [0.717, 1.165) is 4.90 Å². The number of carbonyl (C=O) groups is 9. The summed E-state index contributed by atoms with van der Waals surface area (Å²) in [6.45, 7) is 2.63. The molecule has 5 atom stereocenters. The Morgan fingerprint density at radius 3 is 2.38 bits per heavy atom. The van der Waals surface area contributed by atoms with Gasteiger partial charge in [-0.15, -0.1) is 0 Å². The largest absolute Gasteiger partial charge is 0.458 e. The van der Waals surface area contributed by atoms with Crippen LogP contribution < -0.4 is 43.2 Å². The van der Waals surface area contributed by atoms with Crippen LogP contribution in [0.4, 0.5) is 9.18 Å². The molecule has 3 aliphatic heterocycles. The van der Waals surface area contributed by atoms with E-state index in [0.29, 0.717) is 71.1 Å². The van der Waals surface area contributed by atoms with E-state index in [1.54, 1.807) is 19.9 Å². The van der Waals surface area contributed by atoms with Gasteiger partial charge in [0, 0.05) is 54.2 Å². The third-order valence-electron chi connectivity index (χ3n) is 13.7. The maximum atomic E-state index is 15.4. The third-order valence-corrected chi connectivity index (χ3v) is 13.7. The number of primary amides is 1. The number of esters is 1. The van der Waals surface area contributed by atoms with Gasteiger partial charge in [0.2, 0.25) is 29.5 Å². The number of halogens is 1. The van der Waals surface area contributed by atoms with Crippen molar-refractivity contribution in [3.63, 3.8) is 0 Å². The minimum absolute atomic E-state index is 0.0258. The molecule has 0 radical (unpaired) electrons. The van der Waals surface area contributed by atoms with Crippen LogP contribution in [0.25, 0.3) is 22.3 Å². The number of aliphatic hydroxyl groups is 2. The van der Waals surface area contributed by atoms with Gasteiger partial charge >= 0.3 is 12.0 Å². The van der Waals surface area contributed by atoms with Gasteiger partial charge in [-0.3, -0.25) is 43.3 Å². The summed E-state index contributed by atoms with van der Waals surface area (Å²) in [6, 6.07) is -2.60. The van der Waals surface area contributed by atoms with Gasteiger partial charge < -0.3 is 61.9 Å². The quantitative estimate of drug-likeness (QED) is 0.0189. The van der Waals surface area contributed by atoms with Crippen molar-refractivity contribution in [2.45, 2.75) is 121 Å². The fraction of sp³-hybridized carbons (Fsp3) is 0.490. The molecule has 24 nitrogen and oxygen atoms in total. The number of nitrogens with one attached hydrogen (secondary N) is 6. The molecule has 1 aliphatic carbocycles. The van der Waals surface area contributed by atoms with Crippen LogP contribution in [0, 0.1) is 12.7 Å². The highest BCUT2D eigenvalue weighted by Crippen LogP contribution is 2.46. The zero-order valence-corrected chi connectivity index (χ0v) is 41.0. The molecule has 396 valence electrons. The van der Waals surface area contributed by atoms with Crippen molar-refractivity contribution in [1.82, 2.24) is 46.4 Å². The molecular formula is C49H59FN10O14. The van der Waals surface area contributed by atoms with Gasteiger partial charge in [-0.2, -0.15) is 0 Å². The van der Waals surface area contributed by atoms with E-state index in [2.05, 4.69) is 31.9 Å². The number of rotatable bonds is 23. The first kappa shape index (κ1) is 54.1. The Bertz CT molecular complexity index is 2890. The molecule has 2 aromatic heterocycles. The number of hydrogen-bond donors (Lipinski definition) is 9. The number of amides is 9. The van der Waals surface area contributed by atoms with Gasteiger partial charge in [-0.1, -0.05) is 13.3 Å². The number of imide groups is 1. The molecule has 1 aromatic carbocycles. The minimum Gasteiger partial charge on any atom is -0.458 e. The summed E-state index contributed by atoms with van der Waals surface area (Å²) in [4.78, 5) is 133. The first-order valence-electron chi connectivity index (χ1n) is 24.3. The zero-order chi connectivity index (χ0) is 53.6. The van der Waals surface area contributed by atoms with Gasteiger partial charge in [0.1, 0.15) is 43.9 Å². The van der Waals surface area contributed by atoms with Crippen molar-refractivity contribution in [3.05, 3.63) is 73.8 Å². The predicted octanol–water partition coefficient (Wildman–Crippen LogP) is -0.879. The van der Waals surface area contributed by atoms with Gasteiger partial charge in [0.25, 0.3) is 17.4 Å². The van der Waals surface area contributed by atoms with E-state index in [9.17, 15) is 58.2 Å². The number of nitrogens with zero attached hydrogens (tertiary/aromatic N) is 3. The lowest BCUT2D eigenvalue weighted by Gasteiger charge is -2.31. The second-order valence-corrected chi connectivity index (χ2v) is 18.5. The molecule has 0 unspecified atom stereocenters. The van der Waals surface area contributed by atoms with Gasteiger partial charge in [0.15, 0.2) is 5.60 Å². The smallest absolute Gasteiger partial charge is 0.343 e. The molecule has 25 heteroatoms. The molecule has 3 aromatic rings. The highest BCUT2D eigenvalue weighted by molar-refractivity contribution is 6.12. The van der Waals surface area contributed by atoms with E-state index in [1.807, 2.05) is 0 Å². The van der Waals surface area contributed by atoms with Crippen LogP contribution in [-0.2, 0) is 73.0 Å². The van der Waals surface area contributed by atoms with E-state index >= 15 is 4.39 Å². The lowest BCUT2D eigenvalue weighted by molar-refractivity contribution is -0.172. The van der Waals surface area contributed by atoms with E-state index in [4.69, 9.17) is 20.2 Å². The Labute approximate surface area is 422 Å². The average molecular weight is 1030 g/mol. The SMILES string of the molecule is CC[C@@]1(O)C(=O)OCc2c1cc1n(c2=O)Cc2c-1nc1cc(F)c(C)c3c1c2[C@@H](NC(=O)COCNC(=O)[C@H](CCCNC(N)=O)NC(=O)[C@H](C)NC(=O)[C@H](CO)NC(=O)CCCCCN1C(=O)C=CC1=O)CC3. The number of ether oxygens (including phenoxy) is 2. The summed E-state index contributed by atoms with van der Waals surface area (Å²) in [5.74, 6) is -5.80. The average Bonchev–Trinajstić information content (AvgIpc) is 3.90. The van der Waals surface area contributed by atoms with Crippen molar-refractivity contribution >= 4 is 64.3 Å². The van der Waals surface area contributed by atoms with Crippen LogP contribution in [0.2, 0.25) is 0 Å². The number of hydrogen-bond acceptors (Lipinski definition) is 15. The number of pyridine rings is 2. The van der Waals surface area contributed by atoms with Crippen LogP contribution in [0.5, 0.6) is 0 Å². The topological polar surface area (TPSA) is 349 Å². The first-order valence-corrected chi connectivity index (χ1v) is 24.3. The molecule has 0 bridgehead atoms. The van der Waals surface area contributed by atoms with Crippen molar-refractivity contribution in [1.29, 1.82) is 0 Å². The highest BCUT2D eigenvalue weighted by atomic mass is 19.1. The number of aryl methyl sites for hydroxylation is 1. The Morgan fingerprint density at radius 1 is 0.932 bits per heavy atom. The van der Waals surface area contributed by atoms with E-state index in [1.165, 1.54) is 29.7 Å². The van der Waals surface area contributed by atoms with Crippen molar-refractivity contribution in [2.75, 3.05) is 33.0 Å². The number of nitrogens with two attached hydrogens (primary N) is 1. The Kier molecular flexibility index (Phi) is 16.9. The van der Waals surface area contributed by atoms with Gasteiger partial charge in [0.05, 0.1) is 41.7 Å². The Morgan fingerprint density at radius 2 is 1.68 bits per heavy atom. The number of cyclic esters (lactones) is 1. The minimum atomic E-state index is -2.07. The predicted molar refractivity (Wildman–Crippen MR) is 257 cm³/mol. The molecule has 4 aliphatic rings. The summed E-state index contributed by atoms with van der Waals surface area (Å²) in [5.41, 5.74) is 6.08. The lowest BCUT2D eigenvalue weighted by Crippen LogP contribution is -2.56. The first-order chi connectivity index (χ1) is 35.3. The monoisotopic (exact) mass is 1030 g/mol. The molecule has 7 rings (SSSR count). The summed E-state index contributed by atoms with van der Waals surface area (Å²) in [7, 11) is 0. The Hall–Kier alpha value is -7.64. The summed E-state index contributed by atoms with van der Waals surface area (Å²) in [6.07, 6.45) is 4.42. The van der Waals surface area contributed by atoms with E-state index in [-0.39, 0.29) is 68.6 Å². The molecular weight excluding hydrogens is 972 g/mol. The summed E-state index contributed by atoms with van der Waals surface area (Å²) < 4.78 is 27.6. The van der Waals surface area contributed by atoms with Crippen molar-refractivity contribution in [2.24, 2.45) is 5.73 Å². The lowest BCUT2D eigenvalue weighted by atomic mass is 9.81. The van der Waals surface area contributed by atoms with Crippen LogP contribution in [0.15, 0.2) is 29.1 Å². The van der Waals surface area contributed by atoms with Crippen LogP contribution in [0.3, 0.4) is 0 Å². The fourth-order valence-electron chi connectivity index (χ4n) is 9.63. The molecule has 74 heavy (non-hydrogen) atoms. The number of unbranched alkanes of at least 4 members (excludes halogenated alkanes) is 2. The molecule has 10 N–H and O–H groups in total. The molecule has 9 amide bonds. The second-order valence-electron chi connectivity index (χ2n) is 18.5. The number of carbonyl (C=O) groups excluding carboxylic acids is 9. The third kappa shape index (κ3) is 11.4. The molecule has 5 heterocycles. The summed E-state index contributed by atoms with van der Waals surface area (Å²) >= 11 is 0. The summed E-state index contributed by atoms with van der Waals surface area (Å²) in [5, 5.41) is 37.0.